The van der Waals surface area contributed by atoms with Crippen LogP contribution in [0.4, 0.5) is 0 Å². The van der Waals surface area contributed by atoms with Crippen molar-refractivity contribution in [3.05, 3.63) is 42.3 Å². The number of amides is 1. The van der Waals surface area contributed by atoms with Crippen molar-refractivity contribution < 1.29 is 4.79 Å². The summed E-state index contributed by atoms with van der Waals surface area (Å²) in [4.78, 5) is 21.9. The normalized spacial score (nSPS) is 14.5. The van der Waals surface area contributed by atoms with Crippen LogP contribution in [0.2, 0.25) is 0 Å². The van der Waals surface area contributed by atoms with Gasteiger partial charge in [-0.2, -0.15) is 5.10 Å². The molecule has 1 aliphatic carbocycles. The van der Waals surface area contributed by atoms with Gasteiger partial charge in [0.05, 0.1) is 35.2 Å². The fourth-order valence-corrected chi connectivity index (χ4v) is 4.49. The van der Waals surface area contributed by atoms with E-state index in [4.69, 9.17) is 0 Å². The number of thiophene rings is 1. The van der Waals surface area contributed by atoms with Crippen molar-refractivity contribution in [2.24, 2.45) is 5.92 Å². The van der Waals surface area contributed by atoms with Crippen LogP contribution in [0.1, 0.15) is 32.1 Å². The standard InChI is InChI=1S/C20H23N5OS/c26-19(12-15-4-1-2-5-15)23-9-10-25-20(18-6-3-11-27-18)16(13-24-25)17-14-21-7-8-22-17/h3,6-8,11,13-15H,1-2,4-5,9-10,12H2,(H,23,26). The lowest BCUT2D eigenvalue weighted by Crippen LogP contribution is -2.28. The fourth-order valence-electron chi connectivity index (χ4n) is 3.70. The van der Waals surface area contributed by atoms with Gasteiger partial charge < -0.3 is 5.32 Å². The predicted octanol–water partition coefficient (Wildman–Crippen LogP) is 3.77. The quantitative estimate of drug-likeness (QED) is 0.676. The molecule has 0 aliphatic heterocycles. The highest BCUT2D eigenvalue weighted by Gasteiger charge is 2.19. The van der Waals surface area contributed by atoms with Crippen molar-refractivity contribution in [3.63, 3.8) is 0 Å². The van der Waals surface area contributed by atoms with Crippen LogP contribution in [0.5, 0.6) is 0 Å². The van der Waals surface area contributed by atoms with Gasteiger partial charge in [-0.25, -0.2) is 0 Å². The summed E-state index contributed by atoms with van der Waals surface area (Å²) in [6, 6.07) is 4.11. The molecule has 1 N–H and O–H groups in total. The summed E-state index contributed by atoms with van der Waals surface area (Å²) in [6.07, 6.45) is 12.5. The molecule has 0 radical (unpaired) electrons. The molecule has 6 nitrogen and oxygen atoms in total. The number of nitrogens with one attached hydrogen (secondary N) is 1. The minimum atomic E-state index is 0.154. The van der Waals surface area contributed by atoms with Crippen molar-refractivity contribution in [3.8, 4) is 21.8 Å². The van der Waals surface area contributed by atoms with E-state index in [1.807, 2.05) is 16.9 Å². The zero-order chi connectivity index (χ0) is 18.5. The van der Waals surface area contributed by atoms with Gasteiger partial charge in [0.15, 0.2) is 0 Å². The lowest BCUT2D eigenvalue weighted by atomic mass is 10.0. The Hall–Kier alpha value is -2.54. The van der Waals surface area contributed by atoms with Gasteiger partial charge in [-0.15, -0.1) is 11.3 Å². The van der Waals surface area contributed by atoms with E-state index in [1.54, 1.807) is 29.9 Å². The van der Waals surface area contributed by atoms with Gasteiger partial charge in [0.25, 0.3) is 0 Å². The van der Waals surface area contributed by atoms with E-state index in [9.17, 15) is 4.79 Å². The van der Waals surface area contributed by atoms with Crippen molar-refractivity contribution in [2.45, 2.75) is 38.6 Å². The first-order valence-corrected chi connectivity index (χ1v) is 10.3. The molecule has 0 spiro atoms. The number of carbonyl (C=O) groups excluding carboxylic acids is 1. The van der Waals surface area contributed by atoms with E-state index in [2.05, 4.69) is 31.8 Å². The van der Waals surface area contributed by atoms with Gasteiger partial charge in [-0.3, -0.25) is 19.4 Å². The highest BCUT2D eigenvalue weighted by atomic mass is 32.1. The van der Waals surface area contributed by atoms with Crippen LogP contribution in [0.15, 0.2) is 42.3 Å². The molecule has 140 valence electrons. The third-order valence-electron chi connectivity index (χ3n) is 5.03. The molecule has 3 aromatic heterocycles. The van der Waals surface area contributed by atoms with Gasteiger partial charge >= 0.3 is 0 Å². The number of rotatable bonds is 7. The molecule has 1 saturated carbocycles. The molecule has 4 rings (SSSR count). The van der Waals surface area contributed by atoms with Crippen LogP contribution in [0.3, 0.4) is 0 Å². The monoisotopic (exact) mass is 381 g/mol. The zero-order valence-electron chi connectivity index (χ0n) is 15.2. The number of nitrogens with zero attached hydrogens (tertiary/aromatic N) is 4. The Balaban J connectivity index is 1.46. The van der Waals surface area contributed by atoms with E-state index < -0.39 is 0 Å². The second kappa shape index (κ2) is 8.43. The minimum Gasteiger partial charge on any atom is -0.354 e. The fraction of sp³-hybridized carbons (Fsp3) is 0.400. The maximum Gasteiger partial charge on any atom is 0.220 e. The van der Waals surface area contributed by atoms with Crippen LogP contribution < -0.4 is 5.32 Å². The number of carbonyl (C=O) groups is 1. The number of aromatic nitrogens is 4. The molecule has 1 fully saturated rings. The molecular formula is C20H23N5OS. The van der Waals surface area contributed by atoms with E-state index >= 15 is 0 Å². The van der Waals surface area contributed by atoms with E-state index in [0.29, 0.717) is 25.4 Å². The third-order valence-corrected chi connectivity index (χ3v) is 5.90. The maximum atomic E-state index is 12.2. The van der Waals surface area contributed by atoms with Gasteiger partial charge in [-0.1, -0.05) is 18.9 Å². The average molecular weight is 382 g/mol. The van der Waals surface area contributed by atoms with Gasteiger partial charge in [-0.05, 0) is 30.2 Å². The summed E-state index contributed by atoms with van der Waals surface area (Å²) in [7, 11) is 0. The van der Waals surface area contributed by atoms with Crippen molar-refractivity contribution in [1.29, 1.82) is 0 Å². The van der Waals surface area contributed by atoms with Crippen molar-refractivity contribution in [1.82, 2.24) is 25.1 Å². The van der Waals surface area contributed by atoms with Gasteiger partial charge in [0.1, 0.15) is 0 Å². The van der Waals surface area contributed by atoms with Crippen molar-refractivity contribution >= 4 is 17.2 Å². The van der Waals surface area contributed by atoms with E-state index in [1.165, 1.54) is 25.7 Å². The second-order valence-electron chi connectivity index (χ2n) is 6.90. The van der Waals surface area contributed by atoms with E-state index in [-0.39, 0.29) is 5.91 Å². The number of hydrogen-bond donors (Lipinski definition) is 1. The molecule has 0 bridgehead atoms. The Bertz CT molecular complexity index is 869. The lowest BCUT2D eigenvalue weighted by Gasteiger charge is -2.11. The minimum absolute atomic E-state index is 0.154. The van der Waals surface area contributed by atoms with Crippen LogP contribution in [-0.2, 0) is 11.3 Å². The summed E-state index contributed by atoms with van der Waals surface area (Å²) >= 11 is 1.67. The molecule has 7 heteroatoms. The molecule has 0 saturated heterocycles. The molecule has 1 amide bonds. The average Bonchev–Trinajstić information content (AvgIpc) is 3.44. The molecular weight excluding hydrogens is 358 g/mol. The first kappa shape index (κ1) is 17.9. The summed E-state index contributed by atoms with van der Waals surface area (Å²) in [6.45, 7) is 1.20. The number of hydrogen-bond acceptors (Lipinski definition) is 5. The molecule has 3 heterocycles. The molecule has 1 aliphatic rings. The summed E-state index contributed by atoms with van der Waals surface area (Å²) in [5, 5.41) is 9.66. The summed E-state index contributed by atoms with van der Waals surface area (Å²) in [5.41, 5.74) is 2.79. The second-order valence-corrected chi connectivity index (χ2v) is 7.85. The Morgan fingerprint density at radius 2 is 2.15 bits per heavy atom. The molecule has 0 atom stereocenters. The predicted molar refractivity (Wildman–Crippen MR) is 106 cm³/mol. The van der Waals surface area contributed by atoms with Crippen LogP contribution >= 0.6 is 11.3 Å². The Kier molecular flexibility index (Phi) is 5.58. The highest BCUT2D eigenvalue weighted by molar-refractivity contribution is 7.13. The largest absolute Gasteiger partial charge is 0.354 e. The van der Waals surface area contributed by atoms with Gasteiger partial charge in [0, 0.05) is 30.9 Å². The Morgan fingerprint density at radius 1 is 1.26 bits per heavy atom. The molecule has 3 aromatic rings. The van der Waals surface area contributed by atoms with Crippen LogP contribution in [0, 0.1) is 5.92 Å². The van der Waals surface area contributed by atoms with Gasteiger partial charge in [0.2, 0.25) is 5.91 Å². The molecule has 0 unspecified atom stereocenters. The molecule has 27 heavy (non-hydrogen) atoms. The highest BCUT2D eigenvalue weighted by Crippen LogP contribution is 2.33. The topological polar surface area (TPSA) is 72.7 Å². The first-order chi connectivity index (χ1) is 13.3. The maximum absolute atomic E-state index is 12.2. The van der Waals surface area contributed by atoms with E-state index in [0.717, 1.165) is 21.8 Å². The lowest BCUT2D eigenvalue weighted by molar-refractivity contribution is -0.122. The first-order valence-electron chi connectivity index (χ1n) is 9.44. The van der Waals surface area contributed by atoms with Crippen LogP contribution in [0.25, 0.3) is 21.8 Å². The zero-order valence-corrected chi connectivity index (χ0v) is 16.0. The van der Waals surface area contributed by atoms with Crippen molar-refractivity contribution in [2.75, 3.05) is 6.54 Å². The molecule has 0 aromatic carbocycles. The SMILES string of the molecule is O=C(CC1CCCC1)NCCn1ncc(-c2cnccn2)c1-c1cccs1. The Morgan fingerprint density at radius 3 is 2.89 bits per heavy atom. The Labute approximate surface area is 162 Å². The van der Waals surface area contributed by atoms with Crippen LogP contribution in [-0.4, -0.2) is 32.2 Å². The smallest absolute Gasteiger partial charge is 0.220 e. The summed E-state index contributed by atoms with van der Waals surface area (Å²) < 4.78 is 1.95. The third kappa shape index (κ3) is 4.24. The summed E-state index contributed by atoms with van der Waals surface area (Å²) in [5.74, 6) is 0.723.